The van der Waals surface area contributed by atoms with Gasteiger partial charge in [0.2, 0.25) is 0 Å². The predicted octanol–water partition coefficient (Wildman–Crippen LogP) is 2.79. The molecule has 1 rings (SSSR count). The van der Waals surface area contributed by atoms with E-state index in [4.69, 9.17) is 5.73 Å². The smallest absolute Gasteiger partial charge is 0.147 e. The SMILES string of the molecule is Cc1cc(Br)c(C(F)CN)s1. The molecule has 0 amide bonds. The van der Waals surface area contributed by atoms with Gasteiger partial charge in [-0.1, -0.05) is 0 Å². The molecule has 0 saturated carbocycles. The van der Waals surface area contributed by atoms with E-state index in [9.17, 15) is 4.39 Å². The lowest BCUT2D eigenvalue weighted by Crippen LogP contribution is -2.06. The number of alkyl halides is 1. The standard InChI is InChI=1S/C7H9BrFNS/c1-4-2-5(8)7(11-4)6(9)3-10/h2,6H,3,10H2,1H3. The third-order valence-corrected chi connectivity index (χ3v) is 3.38. The van der Waals surface area contributed by atoms with Gasteiger partial charge in [-0.3, -0.25) is 0 Å². The van der Waals surface area contributed by atoms with Gasteiger partial charge in [-0.15, -0.1) is 11.3 Å². The van der Waals surface area contributed by atoms with Gasteiger partial charge in [-0.05, 0) is 28.9 Å². The van der Waals surface area contributed by atoms with E-state index in [1.807, 2.05) is 13.0 Å². The average molecular weight is 238 g/mol. The molecule has 0 aliphatic carbocycles. The van der Waals surface area contributed by atoms with Crippen LogP contribution < -0.4 is 5.73 Å². The molecule has 1 atom stereocenters. The van der Waals surface area contributed by atoms with Crippen LogP contribution in [0, 0.1) is 6.92 Å². The number of halogens is 2. The lowest BCUT2D eigenvalue weighted by molar-refractivity contribution is 0.357. The molecule has 0 aliphatic rings. The van der Waals surface area contributed by atoms with Crippen LogP contribution in [0.25, 0.3) is 0 Å². The van der Waals surface area contributed by atoms with E-state index in [1.165, 1.54) is 11.3 Å². The fourth-order valence-electron chi connectivity index (χ4n) is 0.822. The largest absolute Gasteiger partial charge is 0.327 e. The fourth-order valence-corrected chi connectivity index (χ4v) is 2.71. The van der Waals surface area contributed by atoms with E-state index in [0.29, 0.717) is 4.88 Å². The normalized spacial score (nSPS) is 13.5. The first kappa shape index (κ1) is 9.16. The van der Waals surface area contributed by atoms with Crippen LogP contribution in [-0.4, -0.2) is 6.54 Å². The highest BCUT2D eigenvalue weighted by Crippen LogP contribution is 2.33. The summed E-state index contributed by atoms with van der Waals surface area (Å²) >= 11 is 4.72. The number of aryl methyl sites for hydroxylation is 1. The quantitative estimate of drug-likeness (QED) is 0.842. The Hall–Kier alpha value is 0.0700. The van der Waals surface area contributed by atoms with Crippen molar-refractivity contribution in [1.82, 2.24) is 0 Å². The van der Waals surface area contributed by atoms with E-state index in [2.05, 4.69) is 15.9 Å². The molecule has 0 fully saturated rings. The molecular formula is C7H9BrFNS. The number of nitrogens with two attached hydrogens (primary N) is 1. The zero-order valence-corrected chi connectivity index (χ0v) is 8.51. The van der Waals surface area contributed by atoms with Crippen molar-refractivity contribution in [2.75, 3.05) is 6.54 Å². The third-order valence-electron chi connectivity index (χ3n) is 1.33. The summed E-state index contributed by atoms with van der Waals surface area (Å²) in [6.45, 7) is 2.00. The number of rotatable bonds is 2. The lowest BCUT2D eigenvalue weighted by atomic mass is 10.3. The van der Waals surface area contributed by atoms with Crippen molar-refractivity contribution in [3.63, 3.8) is 0 Å². The van der Waals surface area contributed by atoms with Crippen molar-refractivity contribution in [2.24, 2.45) is 5.73 Å². The summed E-state index contributed by atoms with van der Waals surface area (Å²) in [7, 11) is 0. The first-order valence-corrected chi connectivity index (χ1v) is 4.86. The van der Waals surface area contributed by atoms with Gasteiger partial charge in [0.15, 0.2) is 0 Å². The Bertz CT molecular complexity index is 249. The molecule has 0 aliphatic heterocycles. The highest BCUT2D eigenvalue weighted by molar-refractivity contribution is 9.10. The molecule has 4 heteroatoms. The summed E-state index contributed by atoms with van der Waals surface area (Å²) in [5, 5.41) is 0. The zero-order valence-electron chi connectivity index (χ0n) is 6.10. The van der Waals surface area contributed by atoms with Crippen molar-refractivity contribution in [2.45, 2.75) is 13.1 Å². The van der Waals surface area contributed by atoms with Crippen LogP contribution in [0.5, 0.6) is 0 Å². The summed E-state index contributed by atoms with van der Waals surface area (Å²) in [5.74, 6) is 0. The molecule has 0 spiro atoms. The van der Waals surface area contributed by atoms with Gasteiger partial charge in [0.1, 0.15) is 6.17 Å². The Balaban J connectivity index is 2.93. The van der Waals surface area contributed by atoms with Crippen molar-refractivity contribution in [3.05, 3.63) is 20.3 Å². The maximum atomic E-state index is 13.0. The van der Waals surface area contributed by atoms with Crippen LogP contribution in [0.1, 0.15) is 15.9 Å². The lowest BCUT2D eigenvalue weighted by Gasteiger charge is -2.00. The third kappa shape index (κ3) is 2.01. The van der Waals surface area contributed by atoms with E-state index in [0.717, 1.165) is 9.35 Å². The summed E-state index contributed by atoms with van der Waals surface area (Å²) in [4.78, 5) is 1.80. The Kier molecular flexibility index (Phi) is 3.04. The summed E-state index contributed by atoms with van der Waals surface area (Å²) in [5.41, 5.74) is 5.19. The minimum Gasteiger partial charge on any atom is -0.327 e. The minimum atomic E-state index is -1.02. The van der Waals surface area contributed by atoms with Crippen molar-refractivity contribution in [1.29, 1.82) is 0 Å². The van der Waals surface area contributed by atoms with Crippen LogP contribution in [0.4, 0.5) is 4.39 Å². The molecular weight excluding hydrogens is 229 g/mol. The summed E-state index contributed by atoms with van der Waals surface area (Å²) in [6, 6.07) is 1.90. The van der Waals surface area contributed by atoms with Crippen LogP contribution in [0.15, 0.2) is 10.5 Å². The van der Waals surface area contributed by atoms with Gasteiger partial charge >= 0.3 is 0 Å². The van der Waals surface area contributed by atoms with Crippen LogP contribution in [-0.2, 0) is 0 Å². The Labute approximate surface area is 77.5 Å². The monoisotopic (exact) mass is 237 g/mol. The van der Waals surface area contributed by atoms with E-state index < -0.39 is 6.17 Å². The van der Waals surface area contributed by atoms with E-state index >= 15 is 0 Å². The van der Waals surface area contributed by atoms with Gasteiger partial charge in [0.05, 0.1) is 4.88 Å². The molecule has 1 unspecified atom stereocenters. The summed E-state index contributed by atoms with van der Waals surface area (Å²) < 4.78 is 13.8. The molecule has 0 radical (unpaired) electrons. The van der Waals surface area contributed by atoms with Gasteiger partial charge < -0.3 is 5.73 Å². The van der Waals surface area contributed by atoms with Crippen LogP contribution in [0.3, 0.4) is 0 Å². The summed E-state index contributed by atoms with van der Waals surface area (Å²) in [6.07, 6.45) is -1.02. The molecule has 62 valence electrons. The fraction of sp³-hybridized carbons (Fsp3) is 0.429. The Morgan fingerprint density at radius 2 is 2.45 bits per heavy atom. The van der Waals surface area contributed by atoms with Crippen molar-refractivity contribution >= 4 is 27.3 Å². The van der Waals surface area contributed by atoms with E-state index in [-0.39, 0.29) is 6.54 Å². The maximum absolute atomic E-state index is 13.0. The average Bonchev–Trinajstić information content (AvgIpc) is 2.28. The zero-order chi connectivity index (χ0) is 8.43. The van der Waals surface area contributed by atoms with Gasteiger partial charge in [0, 0.05) is 15.9 Å². The topological polar surface area (TPSA) is 26.0 Å². The molecule has 2 N–H and O–H groups in total. The van der Waals surface area contributed by atoms with E-state index in [1.54, 1.807) is 0 Å². The van der Waals surface area contributed by atoms with Crippen molar-refractivity contribution in [3.8, 4) is 0 Å². The molecule has 0 aromatic carbocycles. The van der Waals surface area contributed by atoms with Gasteiger partial charge in [0.25, 0.3) is 0 Å². The molecule has 0 saturated heterocycles. The van der Waals surface area contributed by atoms with Crippen molar-refractivity contribution < 1.29 is 4.39 Å². The maximum Gasteiger partial charge on any atom is 0.147 e. The highest BCUT2D eigenvalue weighted by Gasteiger charge is 2.13. The minimum absolute atomic E-state index is 0.0541. The number of hydrogen-bond donors (Lipinski definition) is 1. The second kappa shape index (κ2) is 3.65. The van der Waals surface area contributed by atoms with Gasteiger partial charge in [-0.2, -0.15) is 0 Å². The van der Waals surface area contributed by atoms with Crippen LogP contribution in [0.2, 0.25) is 0 Å². The molecule has 1 aromatic heterocycles. The second-order valence-electron chi connectivity index (χ2n) is 2.27. The van der Waals surface area contributed by atoms with Crippen LogP contribution >= 0.6 is 27.3 Å². The Morgan fingerprint density at radius 3 is 2.82 bits per heavy atom. The highest BCUT2D eigenvalue weighted by atomic mass is 79.9. The van der Waals surface area contributed by atoms with Gasteiger partial charge in [-0.25, -0.2) is 4.39 Å². The Morgan fingerprint density at radius 1 is 1.82 bits per heavy atom. The number of thiophene rings is 1. The first-order valence-electron chi connectivity index (χ1n) is 3.25. The number of hydrogen-bond acceptors (Lipinski definition) is 2. The second-order valence-corrected chi connectivity index (χ2v) is 4.41. The predicted molar refractivity (Wildman–Crippen MR) is 49.7 cm³/mol. The molecule has 0 bridgehead atoms. The molecule has 1 nitrogen and oxygen atoms in total. The molecule has 1 aromatic rings. The molecule has 1 heterocycles. The first-order chi connectivity index (χ1) is 5.15. The molecule has 11 heavy (non-hydrogen) atoms.